The minimum Gasteiger partial charge on any atom is -0.476 e. The zero-order valence-electron chi connectivity index (χ0n) is 6.24. The molecular weight excluding hydrogens is 148 g/mol. The van der Waals surface area contributed by atoms with E-state index in [4.69, 9.17) is 9.84 Å². The summed E-state index contributed by atoms with van der Waals surface area (Å²) in [7, 11) is 3.10. The lowest BCUT2D eigenvalue weighted by Gasteiger charge is -1.94. The molecule has 60 valence electrons. The summed E-state index contributed by atoms with van der Waals surface area (Å²) >= 11 is 0. The maximum Gasteiger partial charge on any atom is 0.356 e. The third-order valence-corrected chi connectivity index (χ3v) is 1.24. The minimum atomic E-state index is -1.05. The molecule has 1 N–H and O–H groups in total. The summed E-state index contributed by atoms with van der Waals surface area (Å²) in [6.45, 7) is 0. The molecule has 0 saturated heterocycles. The monoisotopic (exact) mass is 156 g/mol. The van der Waals surface area contributed by atoms with Crippen molar-refractivity contribution in [3.63, 3.8) is 0 Å². The average molecular weight is 156 g/mol. The van der Waals surface area contributed by atoms with E-state index in [1.54, 1.807) is 7.05 Å². The first-order valence-corrected chi connectivity index (χ1v) is 2.96. The third kappa shape index (κ3) is 1.31. The van der Waals surface area contributed by atoms with Crippen molar-refractivity contribution < 1.29 is 14.6 Å². The van der Waals surface area contributed by atoms with Crippen LogP contribution in [0.5, 0.6) is 6.01 Å². The van der Waals surface area contributed by atoms with E-state index < -0.39 is 5.97 Å². The van der Waals surface area contributed by atoms with Crippen LogP contribution in [0.25, 0.3) is 0 Å². The first-order valence-electron chi connectivity index (χ1n) is 2.96. The fourth-order valence-electron chi connectivity index (χ4n) is 0.742. The van der Waals surface area contributed by atoms with Gasteiger partial charge in [0.2, 0.25) is 0 Å². The summed E-state index contributed by atoms with van der Waals surface area (Å²) in [5, 5.41) is 8.49. The van der Waals surface area contributed by atoms with Crippen molar-refractivity contribution in [2.45, 2.75) is 0 Å². The Balaban J connectivity index is 3.05. The van der Waals surface area contributed by atoms with E-state index in [-0.39, 0.29) is 5.69 Å². The lowest BCUT2D eigenvalue weighted by Crippen LogP contribution is -1.95. The standard InChI is InChI=1S/C6H8N2O3/c1-8-3-4(5(9)10)7-6(8)11-2/h3H,1-2H3,(H,9,10). The van der Waals surface area contributed by atoms with Crippen LogP contribution in [0.2, 0.25) is 0 Å². The summed E-state index contributed by atoms with van der Waals surface area (Å²) < 4.78 is 6.27. The zero-order chi connectivity index (χ0) is 8.43. The molecule has 0 unspecified atom stereocenters. The topological polar surface area (TPSA) is 64.3 Å². The molecular formula is C6H8N2O3. The maximum absolute atomic E-state index is 10.4. The second-order valence-corrected chi connectivity index (χ2v) is 2.03. The molecule has 0 saturated carbocycles. The van der Waals surface area contributed by atoms with Gasteiger partial charge in [-0.1, -0.05) is 0 Å². The lowest BCUT2D eigenvalue weighted by molar-refractivity contribution is 0.0690. The largest absolute Gasteiger partial charge is 0.476 e. The molecule has 1 aromatic heterocycles. The molecule has 5 nitrogen and oxygen atoms in total. The number of methoxy groups -OCH3 is 1. The molecule has 1 aromatic rings. The Morgan fingerprint density at radius 3 is 2.73 bits per heavy atom. The van der Waals surface area contributed by atoms with Gasteiger partial charge in [-0.15, -0.1) is 0 Å². The van der Waals surface area contributed by atoms with Crippen molar-refractivity contribution in [3.8, 4) is 6.01 Å². The maximum atomic E-state index is 10.4. The highest BCUT2D eigenvalue weighted by Gasteiger charge is 2.10. The number of rotatable bonds is 2. The molecule has 0 fully saturated rings. The zero-order valence-corrected chi connectivity index (χ0v) is 6.24. The van der Waals surface area contributed by atoms with E-state index in [1.807, 2.05) is 0 Å². The van der Waals surface area contributed by atoms with Gasteiger partial charge in [0, 0.05) is 13.2 Å². The Hall–Kier alpha value is -1.52. The summed E-state index contributed by atoms with van der Waals surface area (Å²) in [6.07, 6.45) is 1.39. The lowest BCUT2D eigenvalue weighted by atomic mass is 10.5. The molecule has 0 atom stereocenters. The van der Waals surface area contributed by atoms with Crippen molar-refractivity contribution in [1.82, 2.24) is 9.55 Å². The SMILES string of the molecule is COc1nc(C(=O)O)cn1C. The molecule has 5 heteroatoms. The van der Waals surface area contributed by atoms with Crippen LogP contribution in [0, 0.1) is 0 Å². The van der Waals surface area contributed by atoms with Gasteiger partial charge in [0.25, 0.3) is 6.01 Å². The van der Waals surface area contributed by atoms with Crippen LogP contribution in [-0.2, 0) is 7.05 Å². The molecule has 0 aliphatic heterocycles. The quantitative estimate of drug-likeness (QED) is 0.660. The van der Waals surface area contributed by atoms with Crippen LogP contribution in [0.4, 0.5) is 0 Å². The van der Waals surface area contributed by atoms with E-state index in [2.05, 4.69) is 4.98 Å². The second kappa shape index (κ2) is 2.61. The van der Waals surface area contributed by atoms with Crippen molar-refractivity contribution in [2.24, 2.45) is 7.05 Å². The fraction of sp³-hybridized carbons (Fsp3) is 0.333. The van der Waals surface area contributed by atoms with Crippen LogP contribution in [-0.4, -0.2) is 27.7 Å². The predicted molar refractivity (Wildman–Crippen MR) is 36.7 cm³/mol. The number of hydrogen-bond acceptors (Lipinski definition) is 3. The van der Waals surface area contributed by atoms with Gasteiger partial charge in [0.15, 0.2) is 5.69 Å². The van der Waals surface area contributed by atoms with Crippen molar-refractivity contribution in [3.05, 3.63) is 11.9 Å². The van der Waals surface area contributed by atoms with Crippen LogP contribution in [0.15, 0.2) is 6.20 Å². The van der Waals surface area contributed by atoms with E-state index in [9.17, 15) is 4.79 Å². The molecule has 0 aromatic carbocycles. The first kappa shape index (κ1) is 7.59. The molecule has 0 aliphatic rings. The number of aryl methyl sites for hydroxylation is 1. The van der Waals surface area contributed by atoms with Crippen LogP contribution < -0.4 is 4.74 Å². The Kier molecular flexibility index (Phi) is 1.80. The minimum absolute atomic E-state index is 0.00986. The van der Waals surface area contributed by atoms with Gasteiger partial charge in [0.05, 0.1) is 7.11 Å². The number of imidazole rings is 1. The molecule has 0 bridgehead atoms. The highest BCUT2D eigenvalue weighted by atomic mass is 16.5. The Morgan fingerprint density at radius 1 is 1.82 bits per heavy atom. The summed E-state index contributed by atoms with van der Waals surface area (Å²) in [5.74, 6) is -1.05. The van der Waals surface area contributed by atoms with Crippen molar-refractivity contribution in [1.29, 1.82) is 0 Å². The number of carbonyl (C=O) groups is 1. The van der Waals surface area contributed by atoms with E-state index in [0.29, 0.717) is 6.01 Å². The molecule has 1 rings (SSSR count). The van der Waals surface area contributed by atoms with Gasteiger partial charge < -0.3 is 14.4 Å². The predicted octanol–water partition coefficient (Wildman–Crippen LogP) is 0.127. The molecule has 0 amide bonds. The Morgan fingerprint density at radius 2 is 2.45 bits per heavy atom. The third-order valence-electron chi connectivity index (χ3n) is 1.24. The normalized spacial score (nSPS) is 9.64. The van der Waals surface area contributed by atoms with Gasteiger partial charge in [0.1, 0.15) is 0 Å². The molecule has 0 aliphatic carbocycles. The molecule has 0 spiro atoms. The summed E-state index contributed by atoms with van der Waals surface area (Å²) in [5.41, 5.74) is -0.00986. The van der Waals surface area contributed by atoms with E-state index >= 15 is 0 Å². The van der Waals surface area contributed by atoms with Gasteiger partial charge >= 0.3 is 5.97 Å². The number of nitrogens with zero attached hydrogens (tertiary/aromatic N) is 2. The van der Waals surface area contributed by atoms with Gasteiger partial charge in [-0.2, -0.15) is 4.98 Å². The molecule has 1 heterocycles. The first-order chi connectivity index (χ1) is 5.15. The number of carboxylic acids is 1. The van der Waals surface area contributed by atoms with Crippen molar-refractivity contribution >= 4 is 5.97 Å². The highest BCUT2D eigenvalue weighted by Crippen LogP contribution is 2.07. The summed E-state index contributed by atoms with van der Waals surface area (Å²) in [4.78, 5) is 14.0. The highest BCUT2D eigenvalue weighted by molar-refractivity contribution is 5.85. The van der Waals surface area contributed by atoms with Gasteiger partial charge in [-0.25, -0.2) is 4.79 Å². The van der Waals surface area contributed by atoms with Gasteiger partial charge in [-0.3, -0.25) is 0 Å². The number of hydrogen-bond donors (Lipinski definition) is 1. The Labute approximate surface area is 63.2 Å². The van der Waals surface area contributed by atoms with Crippen LogP contribution in [0.3, 0.4) is 0 Å². The van der Waals surface area contributed by atoms with Crippen molar-refractivity contribution in [2.75, 3.05) is 7.11 Å². The van der Waals surface area contributed by atoms with Crippen LogP contribution in [0.1, 0.15) is 10.5 Å². The smallest absolute Gasteiger partial charge is 0.356 e. The Bertz CT molecular complexity index is 279. The van der Waals surface area contributed by atoms with E-state index in [1.165, 1.54) is 17.9 Å². The number of ether oxygens (including phenoxy) is 1. The number of aromatic carboxylic acids is 1. The van der Waals surface area contributed by atoms with Crippen LogP contribution >= 0.6 is 0 Å². The van der Waals surface area contributed by atoms with E-state index in [0.717, 1.165) is 0 Å². The summed E-state index contributed by atoms with van der Waals surface area (Å²) in [6, 6.07) is 0.294. The second-order valence-electron chi connectivity index (χ2n) is 2.03. The average Bonchev–Trinajstić information content (AvgIpc) is 2.31. The fourth-order valence-corrected chi connectivity index (χ4v) is 0.742. The molecule has 0 radical (unpaired) electrons. The molecule has 11 heavy (non-hydrogen) atoms. The number of carboxylic acid groups (broad SMARTS) is 1. The number of aromatic nitrogens is 2. The van der Waals surface area contributed by atoms with Gasteiger partial charge in [-0.05, 0) is 0 Å².